The fraction of sp³-hybridized carbons (Fsp3) is 0.789. The minimum absolute atomic E-state index is 0.0230. The molecule has 4 nitrogen and oxygen atoms in total. The van der Waals surface area contributed by atoms with Gasteiger partial charge in [0, 0.05) is 13.3 Å². The summed E-state index contributed by atoms with van der Waals surface area (Å²) >= 11 is 0. The molecular formula is C19H35NO3. The van der Waals surface area contributed by atoms with Crippen LogP contribution in [0.1, 0.15) is 79.6 Å². The van der Waals surface area contributed by atoms with Gasteiger partial charge in [-0.05, 0) is 19.3 Å². The summed E-state index contributed by atoms with van der Waals surface area (Å²) < 4.78 is 0. The van der Waals surface area contributed by atoms with Crippen LogP contribution in [-0.2, 0) is 9.59 Å². The maximum absolute atomic E-state index is 12.2. The highest BCUT2D eigenvalue weighted by Gasteiger charge is 2.21. The molecule has 0 aromatic carbocycles. The lowest BCUT2D eigenvalue weighted by molar-refractivity contribution is -0.126. The molecular weight excluding hydrogens is 290 g/mol. The van der Waals surface area contributed by atoms with Crippen LogP contribution in [0.25, 0.3) is 0 Å². The highest BCUT2D eigenvalue weighted by molar-refractivity contribution is 5.90. The maximum atomic E-state index is 12.2. The monoisotopic (exact) mass is 325 g/mol. The standard InChI is InChI=1S/C19H35NO3/c1-6-7-8-9-10-12-19(5,23)13-11-17(20-16(4)21)18(22)14-15(2)3/h11,13,15,17,23H,6-10,12,14H2,1-5H3,(H,20,21)/b13-11+/t17-,19?/m0/s1. The van der Waals surface area contributed by atoms with E-state index in [1.54, 1.807) is 19.1 Å². The molecule has 0 aliphatic rings. The average Bonchev–Trinajstić information content (AvgIpc) is 2.42. The van der Waals surface area contributed by atoms with Crippen LogP contribution in [-0.4, -0.2) is 28.4 Å². The van der Waals surface area contributed by atoms with Crippen molar-refractivity contribution in [3.63, 3.8) is 0 Å². The van der Waals surface area contributed by atoms with Crippen molar-refractivity contribution < 1.29 is 14.7 Å². The zero-order chi connectivity index (χ0) is 17.9. The summed E-state index contributed by atoms with van der Waals surface area (Å²) in [5.74, 6) is -0.0209. The SMILES string of the molecule is CCCCCCCC(C)(O)/C=C/[C@H](NC(C)=O)C(=O)CC(C)C. The van der Waals surface area contributed by atoms with Gasteiger partial charge >= 0.3 is 0 Å². The third kappa shape index (κ3) is 12.0. The molecule has 0 rings (SSSR count). The van der Waals surface area contributed by atoms with Crippen LogP contribution in [0.3, 0.4) is 0 Å². The topological polar surface area (TPSA) is 66.4 Å². The summed E-state index contributed by atoms with van der Waals surface area (Å²) in [6.45, 7) is 9.27. The van der Waals surface area contributed by atoms with E-state index < -0.39 is 11.6 Å². The molecule has 2 atom stereocenters. The summed E-state index contributed by atoms with van der Waals surface area (Å²) in [5.41, 5.74) is -0.943. The average molecular weight is 325 g/mol. The molecule has 0 heterocycles. The predicted octanol–water partition coefficient (Wildman–Crippen LogP) is 3.77. The second-order valence-electron chi connectivity index (χ2n) is 7.12. The minimum atomic E-state index is -0.943. The Labute approximate surface area is 141 Å². The van der Waals surface area contributed by atoms with E-state index in [1.807, 2.05) is 13.8 Å². The lowest BCUT2D eigenvalue weighted by Crippen LogP contribution is -2.39. The van der Waals surface area contributed by atoms with Crippen molar-refractivity contribution in [1.82, 2.24) is 5.32 Å². The first-order chi connectivity index (χ1) is 10.7. The van der Waals surface area contributed by atoms with E-state index in [4.69, 9.17) is 0 Å². The van der Waals surface area contributed by atoms with Crippen LogP contribution in [0.2, 0.25) is 0 Å². The van der Waals surface area contributed by atoms with Crippen LogP contribution in [0.4, 0.5) is 0 Å². The van der Waals surface area contributed by atoms with E-state index in [1.165, 1.54) is 26.2 Å². The zero-order valence-electron chi connectivity index (χ0n) is 15.5. The molecule has 134 valence electrons. The quantitative estimate of drug-likeness (QED) is 0.424. The first-order valence-electron chi connectivity index (χ1n) is 8.89. The van der Waals surface area contributed by atoms with Crippen LogP contribution in [0.5, 0.6) is 0 Å². The number of hydrogen-bond donors (Lipinski definition) is 2. The van der Waals surface area contributed by atoms with Gasteiger partial charge in [0.05, 0.1) is 5.60 Å². The van der Waals surface area contributed by atoms with Gasteiger partial charge in [-0.15, -0.1) is 0 Å². The number of rotatable bonds is 12. The molecule has 0 radical (unpaired) electrons. The Morgan fingerprint density at radius 1 is 1.17 bits per heavy atom. The summed E-state index contributed by atoms with van der Waals surface area (Å²) in [6, 6.07) is -0.651. The number of carbonyl (C=O) groups is 2. The molecule has 4 heteroatoms. The first kappa shape index (κ1) is 21.8. The van der Waals surface area contributed by atoms with Crippen molar-refractivity contribution >= 4 is 11.7 Å². The fourth-order valence-corrected chi connectivity index (χ4v) is 2.46. The lowest BCUT2D eigenvalue weighted by atomic mass is 9.95. The van der Waals surface area contributed by atoms with Gasteiger partial charge in [0.1, 0.15) is 6.04 Å². The van der Waals surface area contributed by atoms with Gasteiger partial charge in [-0.1, -0.05) is 65.0 Å². The van der Waals surface area contributed by atoms with Crippen molar-refractivity contribution in [2.45, 2.75) is 91.2 Å². The highest BCUT2D eigenvalue weighted by Crippen LogP contribution is 2.18. The molecule has 0 aromatic heterocycles. The van der Waals surface area contributed by atoms with Gasteiger partial charge < -0.3 is 10.4 Å². The van der Waals surface area contributed by atoms with Gasteiger partial charge in [-0.3, -0.25) is 9.59 Å². The van der Waals surface area contributed by atoms with Gasteiger partial charge in [0.2, 0.25) is 5.91 Å². The Bertz CT molecular complexity index is 386. The van der Waals surface area contributed by atoms with Crippen LogP contribution < -0.4 is 5.32 Å². The molecule has 0 aliphatic heterocycles. The number of aliphatic hydroxyl groups is 1. The fourth-order valence-electron chi connectivity index (χ4n) is 2.46. The number of amides is 1. The molecule has 0 fully saturated rings. The number of Topliss-reactive ketones (excluding diaryl/α,β-unsaturated/α-hetero) is 1. The third-order valence-corrected chi connectivity index (χ3v) is 3.75. The second kappa shape index (κ2) is 11.4. The molecule has 0 aliphatic carbocycles. The van der Waals surface area contributed by atoms with Crippen molar-refractivity contribution in [2.24, 2.45) is 5.92 Å². The Hall–Kier alpha value is -1.16. The predicted molar refractivity (Wildman–Crippen MR) is 95.2 cm³/mol. The van der Waals surface area contributed by atoms with Crippen LogP contribution >= 0.6 is 0 Å². The summed E-state index contributed by atoms with van der Waals surface area (Å²) in [7, 11) is 0. The Morgan fingerprint density at radius 2 is 1.78 bits per heavy atom. The molecule has 0 saturated carbocycles. The van der Waals surface area contributed by atoms with Gasteiger partial charge in [0.25, 0.3) is 0 Å². The third-order valence-electron chi connectivity index (χ3n) is 3.75. The number of hydrogen-bond acceptors (Lipinski definition) is 3. The van der Waals surface area contributed by atoms with E-state index in [0.717, 1.165) is 12.8 Å². The largest absolute Gasteiger partial charge is 0.386 e. The molecule has 0 saturated heterocycles. The van der Waals surface area contributed by atoms with E-state index in [-0.39, 0.29) is 17.6 Å². The smallest absolute Gasteiger partial charge is 0.217 e. The molecule has 23 heavy (non-hydrogen) atoms. The highest BCUT2D eigenvalue weighted by atomic mass is 16.3. The second-order valence-corrected chi connectivity index (χ2v) is 7.12. The van der Waals surface area contributed by atoms with Crippen molar-refractivity contribution in [3.8, 4) is 0 Å². The van der Waals surface area contributed by atoms with Gasteiger partial charge in [0.15, 0.2) is 5.78 Å². The molecule has 0 spiro atoms. The van der Waals surface area contributed by atoms with E-state index in [2.05, 4.69) is 12.2 Å². The summed E-state index contributed by atoms with van der Waals surface area (Å²) in [5, 5.41) is 13.1. The van der Waals surface area contributed by atoms with E-state index in [0.29, 0.717) is 12.8 Å². The number of unbranched alkanes of at least 4 members (excludes halogenated alkanes) is 4. The Morgan fingerprint density at radius 3 is 2.30 bits per heavy atom. The minimum Gasteiger partial charge on any atom is -0.386 e. The molecule has 1 amide bonds. The number of carbonyl (C=O) groups excluding carboxylic acids is 2. The van der Waals surface area contributed by atoms with Crippen molar-refractivity contribution in [1.29, 1.82) is 0 Å². The Balaban J connectivity index is 4.59. The van der Waals surface area contributed by atoms with Crippen LogP contribution in [0, 0.1) is 5.92 Å². The number of nitrogens with one attached hydrogen (secondary N) is 1. The lowest BCUT2D eigenvalue weighted by Gasteiger charge is -2.21. The summed E-state index contributed by atoms with van der Waals surface area (Å²) in [6.07, 6.45) is 10.1. The van der Waals surface area contributed by atoms with Crippen molar-refractivity contribution in [2.75, 3.05) is 0 Å². The van der Waals surface area contributed by atoms with E-state index >= 15 is 0 Å². The Kier molecular flexibility index (Phi) is 10.8. The van der Waals surface area contributed by atoms with Gasteiger partial charge in [-0.25, -0.2) is 0 Å². The zero-order valence-corrected chi connectivity index (χ0v) is 15.5. The maximum Gasteiger partial charge on any atom is 0.217 e. The van der Waals surface area contributed by atoms with Crippen LogP contribution in [0.15, 0.2) is 12.2 Å². The van der Waals surface area contributed by atoms with Gasteiger partial charge in [-0.2, -0.15) is 0 Å². The molecule has 0 bridgehead atoms. The molecule has 0 aromatic rings. The number of ketones is 1. The first-order valence-corrected chi connectivity index (χ1v) is 8.89. The molecule has 1 unspecified atom stereocenters. The van der Waals surface area contributed by atoms with E-state index in [9.17, 15) is 14.7 Å². The van der Waals surface area contributed by atoms with Crippen molar-refractivity contribution in [3.05, 3.63) is 12.2 Å². The molecule has 2 N–H and O–H groups in total. The normalized spacial score (nSPS) is 15.6. The summed E-state index contributed by atoms with van der Waals surface area (Å²) in [4.78, 5) is 23.5.